The molecule has 0 bridgehead atoms. The number of pyridine rings is 1. The number of carbonyl (C=O) groups excluding carboxylic acids is 1. The van der Waals surface area contributed by atoms with Crippen molar-refractivity contribution in [1.29, 1.82) is 5.26 Å². The third-order valence-electron chi connectivity index (χ3n) is 7.62. The summed E-state index contributed by atoms with van der Waals surface area (Å²) in [4.78, 5) is 17.2. The van der Waals surface area contributed by atoms with Crippen molar-refractivity contribution in [3.05, 3.63) is 65.9 Å². The Morgan fingerprint density at radius 1 is 1.07 bits per heavy atom. The number of nitrogens with zero attached hydrogens (tertiary/aromatic N) is 2. The van der Waals surface area contributed by atoms with Gasteiger partial charge in [0.25, 0.3) is 5.91 Å². The lowest BCUT2D eigenvalue weighted by molar-refractivity contribution is 0.0562. The van der Waals surface area contributed by atoms with E-state index in [0.29, 0.717) is 52.1 Å². The van der Waals surface area contributed by atoms with Crippen LogP contribution in [-0.2, 0) is 4.74 Å². The molecular weight excluding hydrogens is 508 g/mol. The second-order valence-electron chi connectivity index (χ2n) is 10.3. The molecule has 0 radical (unpaired) electrons. The number of methoxy groups -OCH3 is 1. The fraction of sp³-hybridized carbons (Fsp3) is 0.323. The molecule has 0 spiro atoms. The van der Waals surface area contributed by atoms with Crippen LogP contribution in [0.2, 0.25) is 0 Å². The summed E-state index contributed by atoms with van der Waals surface area (Å²) < 4.78 is 17.4. The van der Waals surface area contributed by atoms with Crippen molar-refractivity contribution in [2.24, 2.45) is 0 Å². The minimum absolute atomic E-state index is 0.0127. The highest BCUT2D eigenvalue weighted by molar-refractivity contribution is 5.97. The van der Waals surface area contributed by atoms with E-state index in [0.717, 1.165) is 42.9 Å². The van der Waals surface area contributed by atoms with E-state index in [1.807, 2.05) is 30.3 Å². The first kappa shape index (κ1) is 25.9. The number of aliphatic hydroxyl groups excluding tert-OH is 1. The molecule has 3 N–H and O–H groups in total. The summed E-state index contributed by atoms with van der Waals surface area (Å²) in [6, 6.07) is 17.3. The van der Waals surface area contributed by atoms with Gasteiger partial charge in [0.1, 0.15) is 23.1 Å². The van der Waals surface area contributed by atoms with Crippen LogP contribution < -0.4 is 15.4 Å². The number of carbonyl (C=O) groups is 1. The Morgan fingerprint density at radius 2 is 1.90 bits per heavy atom. The molecule has 3 heterocycles. The molecule has 6 rings (SSSR count). The number of furan rings is 1. The van der Waals surface area contributed by atoms with Crippen LogP contribution in [0, 0.1) is 11.3 Å². The maximum atomic E-state index is 12.7. The van der Waals surface area contributed by atoms with Crippen LogP contribution in [0.15, 0.2) is 59.1 Å². The van der Waals surface area contributed by atoms with E-state index in [-0.39, 0.29) is 24.1 Å². The van der Waals surface area contributed by atoms with Crippen molar-refractivity contribution < 1.29 is 23.8 Å². The summed E-state index contributed by atoms with van der Waals surface area (Å²) in [6.45, 7) is 1.44. The highest BCUT2D eigenvalue weighted by Gasteiger charge is 2.29. The van der Waals surface area contributed by atoms with E-state index in [4.69, 9.17) is 13.9 Å². The number of nitrogens with one attached hydrogen (secondary N) is 2. The summed E-state index contributed by atoms with van der Waals surface area (Å²) in [5, 5.41) is 25.8. The monoisotopic (exact) mass is 538 g/mol. The lowest BCUT2D eigenvalue weighted by Crippen LogP contribution is -2.46. The number of aliphatic hydroxyl groups is 1. The van der Waals surface area contributed by atoms with Crippen LogP contribution >= 0.6 is 0 Å². The Bertz CT molecular complexity index is 1600. The highest BCUT2D eigenvalue weighted by Crippen LogP contribution is 2.38. The Morgan fingerprint density at radius 3 is 2.65 bits per heavy atom. The Balaban J connectivity index is 1.29. The van der Waals surface area contributed by atoms with Gasteiger partial charge in [-0.3, -0.25) is 9.78 Å². The van der Waals surface area contributed by atoms with Crippen molar-refractivity contribution in [3.8, 4) is 34.3 Å². The standard InChI is InChI=1S/C31H30N4O5/c1-38-28-13-19(31(37)35-22-14-23(36)15-22)2-4-25(28)29-16-27-30(40-29)24(6-9-33-27)18-3-5-26(20(12-18)17-32)34-21-7-10-39-11-8-21/h2-6,9,12-13,16,21-23,34,36H,7-8,10-11,14-15H2,1H3,(H,35,37). The molecule has 1 amide bonds. The zero-order valence-corrected chi connectivity index (χ0v) is 22.1. The Hall–Kier alpha value is -4.39. The first-order valence-corrected chi connectivity index (χ1v) is 13.5. The number of benzene rings is 2. The van der Waals surface area contributed by atoms with Crippen LogP contribution in [-0.4, -0.2) is 54.5 Å². The fourth-order valence-electron chi connectivity index (χ4n) is 5.30. The van der Waals surface area contributed by atoms with Crippen LogP contribution in [0.3, 0.4) is 0 Å². The molecule has 204 valence electrons. The van der Waals surface area contributed by atoms with Gasteiger partial charge in [0.15, 0.2) is 5.58 Å². The number of hydrogen-bond acceptors (Lipinski definition) is 8. The first-order valence-electron chi connectivity index (χ1n) is 13.5. The number of aromatic nitrogens is 1. The molecule has 9 nitrogen and oxygen atoms in total. The summed E-state index contributed by atoms with van der Waals surface area (Å²) in [5.41, 5.74) is 5.47. The van der Waals surface area contributed by atoms with E-state index in [1.165, 1.54) is 0 Å². The SMILES string of the molecule is COc1cc(C(=O)NC2CC(O)C2)ccc1-c1cc2nccc(-c3ccc(NC4CCOCC4)c(C#N)c3)c2o1. The fourth-order valence-corrected chi connectivity index (χ4v) is 5.30. The van der Waals surface area contributed by atoms with Crippen LogP contribution in [0.1, 0.15) is 41.6 Å². The van der Waals surface area contributed by atoms with E-state index < -0.39 is 0 Å². The first-order chi connectivity index (χ1) is 19.5. The normalized spacial score (nSPS) is 19.0. The van der Waals surface area contributed by atoms with E-state index >= 15 is 0 Å². The van der Waals surface area contributed by atoms with Gasteiger partial charge in [0, 0.05) is 48.7 Å². The molecule has 40 heavy (non-hydrogen) atoms. The topological polar surface area (TPSA) is 130 Å². The van der Waals surface area contributed by atoms with Crippen molar-refractivity contribution in [1.82, 2.24) is 10.3 Å². The molecule has 2 fully saturated rings. The molecule has 2 aliphatic rings. The van der Waals surface area contributed by atoms with Crippen LogP contribution in [0.5, 0.6) is 5.75 Å². The van der Waals surface area contributed by atoms with Gasteiger partial charge in [-0.1, -0.05) is 6.07 Å². The number of amides is 1. The van der Waals surface area contributed by atoms with Crippen molar-refractivity contribution in [2.75, 3.05) is 25.6 Å². The summed E-state index contributed by atoms with van der Waals surface area (Å²) in [6.07, 6.45) is 4.34. The van der Waals surface area contributed by atoms with Crippen LogP contribution in [0.25, 0.3) is 33.6 Å². The average Bonchev–Trinajstić information content (AvgIpc) is 3.41. The largest absolute Gasteiger partial charge is 0.496 e. The van der Waals surface area contributed by atoms with Gasteiger partial charge in [-0.2, -0.15) is 5.26 Å². The quantitative estimate of drug-likeness (QED) is 0.303. The highest BCUT2D eigenvalue weighted by atomic mass is 16.5. The smallest absolute Gasteiger partial charge is 0.251 e. The molecule has 1 saturated carbocycles. The lowest BCUT2D eigenvalue weighted by atomic mass is 9.89. The number of ether oxygens (including phenoxy) is 2. The second kappa shape index (κ2) is 11.0. The number of anilines is 1. The van der Waals surface area contributed by atoms with E-state index in [2.05, 4.69) is 21.7 Å². The lowest BCUT2D eigenvalue weighted by Gasteiger charge is -2.31. The zero-order chi connectivity index (χ0) is 27.6. The van der Waals surface area contributed by atoms with Crippen molar-refractivity contribution >= 4 is 22.7 Å². The Kier molecular flexibility index (Phi) is 7.11. The Labute approximate surface area is 231 Å². The molecule has 1 saturated heterocycles. The minimum Gasteiger partial charge on any atom is -0.496 e. The zero-order valence-electron chi connectivity index (χ0n) is 22.1. The van der Waals surface area contributed by atoms with Gasteiger partial charge in [-0.25, -0.2) is 0 Å². The van der Waals surface area contributed by atoms with Gasteiger partial charge in [-0.05, 0) is 67.6 Å². The van der Waals surface area contributed by atoms with E-state index in [9.17, 15) is 15.2 Å². The third-order valence-corrected chi connectivity index (χ3v) is 7.62. The van der Waals surface area contributed by atoms with Crippen molar-refractivity contribution in [3.63, 3.8) is 0 Å². The number of nitriles is 1. The number of rotatable bonds is 7. The summed E-state index contributed by atoms with van der Waals surface area (Å²) >= 11 is 0. The molecule has 4 aromatic rings. The third kappa shape index (κ3) is 5.11. The second-order valence-corrected chi connectivity index (χ2v) is 10.3. The number of fused-ring (bicyclic) bond motifs is 1. The molecule has 2 aromatic heterocycles. The van der Waals surface area contributed by atoms with Gasteiger partial charge in [0.05, 0.1) is 30.0 Å². The minimum atomic E-state index is -0.341. The predicted octanol–water partition coefficient (Wildman–Crippen LogP) is 4.89. The predicted molar refractivity (Wildman–Crippen MR) is 150 cm³/mol. The molecule has 0 atom stereocenters. The van der Waals surface area contributed by atoms with Gasteiger partial charge < -0.3 is 29.6 Å². The maximum absolute atomic E-state index is 12.7. The maximum Gasteiger partial charge on any atom is 0.251 e. The average molecular weight is 539 g/mol. The van der Waals surface area contributed by atoms with Gasteiger partial charge in [0.2, 0.25) is 0 Å². The molecule has 2 aromatic carbocycles. The summed E-state index contributed by atoms with van der Waals surface area (Å²) in [7, 11) is 1.55. The molecular formula is C31H30N4O5. The molecule has 9 heteroatoms. The summed E-state index contributed by atoms with van der Waals surface area (Å²) in [5.74, 6) is 0.842. The van der Waals surface area contributed by atoms with Gasteiger partial charge >= 0.3 is 0 Å². The van der Waals surface area contributed by atoms with Crippen LogP contribution in [0.4, 0.5) is 5.69 Å². The number of hydrogen-bond donors (Lipinski definition) is 3. The molecule has 0 unspecified atom stereocenters. The molecule has 1 aliphatic carbocycles. The van der Waals surface area contributed by atoms with Crippen molar-refractivity contribution in [2.45, 2.75) is 43.9 Å². The van der Waals surface area contributed by atoms with E-state index in [1.54, 1.807) is 31.5 Å². The van der Waals surface area contributed by atoms with Gasteiger partial charge in [-0.15, -0.1) is 0 Å². The molecule has 1 aliphatic heterocycles.